The third-order valence-corrected chi connectivity index (χ3v) is 6.86. The second-order valence-electron chi connectivity index (χ2n) is 4.47. The predicted octanol–water partition coefficient (Wildman–Crippen LogP) is 6.76. The van der Waals surface area contributed by atoms with E-state index in [9.17, 15) is 0 Å². The zero-order valence-corrected chi connectivity index (χ0v) is 17.7. The van der Waals surface area contributed by atoms with Crippen molar-refractivity contribution in [2.45, 2.75) is 51.9 Å². The Balaban J connectivity index is 0. The van der Waals surface area contributed by atoms with E-state index in [0.29, 0.717) is 0 Å². The van der Waals surface area contributed by atoms with Gasteiger partial charge in [-0.25, -0.2) is 0 Å². The van der Waals surface area contributed by atoms with E-state index in [1.807, 2.05) is 45.1 Å². The quantitative estimate of drug-likeness (QED) is 0.202. The lowest BCUT2D eigenvalue weighted by Gasteiger charge is -1.99. The molecule has 0 rings (SSSR count). The lowest BCUT2D eigenvalue weighted by atomic mass is 10.3. The first-order valence-electron chi connectivity index (χ1n) is 7.66. The van der Waals surface area contributed by atoms with E-state index in [1.165, 1.54) is 68.0 Å². The van der Waals surface area contributed by atoms with Gasteiger partial charge in [0, 0.05) is 11.5 Å². The normalized spacial score (nSPS) is 10.2. The molecule has 0 saturated carbocycles. The third kappa shape index (κ3) is 28.0. The molecular formula is C15H34S5. The average Bonchev–Trinajstić information content (AvgIpc) is 2.47. The van der Waals surface area contributed by atoms with Crippen LogP contribution in [0.5, 0.6) is 0 Å². The summed E-state index contributed by atoms with van der Waals surface area (Å²) < 4.78 is 0. The van der Waals surface area contributed by atoms with Crippen LogP contribution in [0.25, 0.3) is 0 Å². The fraction of sp³-hybridized carbons (Fsp3) is 1.00. The molecule has 0 heterocycles. The van der Waals surface area contributed by atoms with E-state index in [0.717, 1.165) is 5.75 Å². The average molecular weight is 375 g/mol. The fourth-order valence-electron chi connectivity index (χ4n) is 1.32. The van der Waals surface area contributed by atoms with Gasteiger partial charge in [-0.2, -0.15) is 36.2 Å². The van der Waals surface area contributed by atoms with Gasteiger partial charge >= 0.3 is 0 Å². The van der Waals surface area contributed by atoms with E-state index < -0.39 is 0 Å². The smallest absolute Gasteiger partial charge is 0.00369 e. The van der Waals surface area contributed by atoms with Crippen LogP contribution in [0.1, 0.15) is 51.9 Å². The van der Waals surface area contributed by atoms with Crippen LogP contribution in [0, 0.1) is 0 Å². The van der Waals surface area contributed by atoms with Crippen LogP contribution in [-0.4, -0.2) is 41.3 Å². The minimum absolute atomic E-state index is 1.05. The lowest BCUT2D eigenvalue weighted by molar-refractivity contribution is 0.787. The molecule has 0 unspecified atom stereocenters. The first-order valence-corrected chi connectivity index (χ1v) is 13.6. The highest BCUT2D eigenvalue weighted by molar-refractivity contribution is 8.76. The monoisotopic (exact) mass is 374 g/mol. The molecule has 0 aromatic heterocycles. The van der Waals surface area contributed by atoms with Crippen LogP contribution in [0.15, 0.2) is 0 Å². The second-order valence-corrected chi connectivity index (χ2v) is 9.60. The Bertz CT molecular complexity index is 128. The van der Waals surface area contributed by atoms with Crippen LogP contribution in [0.3, 0.4) is 0 Å². The maximum Gasteiger partial charge on any atom is 0.00369 e. The van der Waals surface area contributed by atoms with Crippen molar-refractivity contribution in [3.05, 3.63) is 0 Å². The molecule has 0 atom stereocenters. The Morgan fingerprint density at radius 3 is 1.65 bits per heavy atom. The van der Waals surface area contributed by atoms with Crippen molar-refractivity contribution in [2.75, 3.05) is 41.3 Å². The van der Waals surface area contributed by atoms with Gasteiger partial charge in [0.15, 0.2) is 0 Å². The molecule has 0 aliphatic rings. The first-order chi connectivity index (χ1) is 9.83. The Labute approximate surface area is 150 Å². The highest BCUT2D eigenvalue weighted by atomic mass is 33.1. The van der Waals surface area contributed by atoms with Gasteiger partial charge in [0.1, 0.15) is 0 Å². The highest BCUT2D eigenvalue weighted by Gasteiger charge is 1.90. The molecule has 0 radical (unpaired) electrons. The summed E-state index contributed by atoms with van der Waals surface area (Å²) in [6.45, 7) is 2.24. The van der Waals surface area contributed by atoms with Crippen LogP contribution in [-0.2, 0) is 0 Å². The van der Waals surface area contributed by atoms with Gasteiger partial charge in [0.05, 0.1) is 0 Å². The molecule has 124 valence electrons. The van der Waals surface area contributed by atoms with E-state index in [-0.39, 0.29) is 0 Å². The summed E-state index contributed by atoms with van der Waals surface area (Å²) in [5.74, 6) is 6.36. The van der Waals surface area contributed by atoms with Gasteiger partial charge < -0.3 is 0 Å². The summed E-state index contributed by atoms with van der Waals surface area (Å²) >= 11 is 8.00. The Kier molecular flexibility index (Phi) is 30.8. The molecule has 0 spiro atoms. The third-order valence-electron chi connectivity index (χ3n) is 2.45. The van der Waals surface area contributed by atoms with E-state index >= 15 is 0 Å². The van der Waals surface area contributed by atoms with Crippen molar-refractivity contribution in [3.8, 4) is 0 Å². The molecule has 0 N–H and O–H groups in total. The molecule has 0 aliphatic heterocycles. The van der Waals surface area contributed by atoms with Crippen LogP contribution >= 0.6 is 57.7 Å². The zero-order chi connectivity index (χ0) is 15.3. The van der Waals surface area contributed by atoms with E-state index in [2.05, 4.69) is 32.1 Å². The van der Waals surface area contributed by atoms with Gasteiger partial charge in [-0.15, -0.1) is 0 Å². The van der Waals surface area contributed by atoms with E-state index in [1.54, 1.807) is 0 Å². The fourth-order valence-corrected chi connectivity index (χ4v) is 4.81. The lowest BCUT2D eigenvalue weighted by Crippen LogP contribution is -1.82. The standard InChI is InChI=1S/C9H20S3.C6H14S2/c1-3-7-11-12-9-6-4-5-8-10-2;1-8-6-4-2-3-5-7/h3-9H2,1-2H3;7H,2-6H2,1H3. The van der Waals surface area contributed by atoms with Crippen molar-refractivity contribution in [1.82, 2.24) is 0 Å². The number of unbranched alkanes of at least 4 members (excludes halogenated alkanes) is 4. The molecule has 0 aromatic rings. The predicted molar refractivity (Wildman–Crippen MR) is 114 cm³/mol. The minimum Gasteiger partial charge on any atom is -0.179 e. The summed E-state index contributed by atoms with van der Waals surface area (Å²) in [6.07, 6.45) is 13.9. The second kappa shape index (κ2) is 25.7. The Morgan fingerprint density at radius 1 is 0.650 bits per heavy atom. The molecule has 5 heteroatoms. The summed E-state index contributed by atoms with van der Waals surface area (Å²) in [7, 11) is 4.07. The number of hydrogen-bond donors (Lipinski definition) is 1. The summed E-state index contributed by atoms with van der Waals surface area (Å²) in [5, 5.41) is 0. The Morgan fingerprint density at radius 2 is 1.15 bits per heavy atom. The molecular weight excluding hydrogens is 341 g/mol. The highest BCUT2D eigenvalue weighted by Crippen LogP contribution is 2.23. The first kappa shape index (κ1) is 24.0. The minimum atomic E-state index is 1.05. The van der Waals surface area contributed by atoms with Crippen LogP contribution in [0.2, 0.25) is 0 Å². The Hall–Kier alpha value is 1.75. The maximum atomic E-state index is 4.12. The molecule has 0 amide bonds. The number of rotatable bonds is 14. The summed E-state index contributed by atoms with van der Waals surface area (Å²) in [5.41, 5.74) is 0. The van der Waals surface area contributed by atoms with Crippen molar-refractivity contribution in [3.63, 3.8) is 0 Å². The van der Waals surface area contributed by atoms with Gasteiger partial charge in [-0.3, -0.25) is 0 Å². The molecule has 0 bridgehead atoms. The summed E-state index contributed by atoms with van der Waals surface area (Å²) in [4.78, 5) is 0. The molecule has 0 nitrogen and oxygen atoms in total. The largest absolute Gasteiger partial charge is 0.179 e. The number of thioether (sulfide) groups is 2. The molecule has 0 saturated heterocycles. The molecule has 0 aromatic carbocycles. The number of hydrogen-bond acceptors (Lipinski definition) is 5. The van der Waals surface area contributed by atoms with Crippen molar-refractivity contribution < 1.29 is 0 Å². The van der Waals surface area contributed by atoms with Crippen LogP contribution < -0.4 is 0 Å². The molecule has 0 fully saturated rings. The summed E-state index contributed by atoms with van der Waals surface area (Å²) in [6, 6.07) is 0. The van der Waals surface area contributed by atoms with Gasteiger partial charge in [0.2, 0.25) is 0 Å². The van der Waals surface area contributed by atoms with Gasteiger partial charge in [-0.05, 0) is 61.9 Å². The number of thiol groups is 1. The van der Waals surface area contributed by atoms with Gasteiger partial charge in [0.25, 0.3) is 0 Å². The van der Waals surface area contributed by atoms with Crippen molar-refractivity contribution >= 4 is 57.7 Å². The van der Waals surface area contributed by atoms with Crippen molar-refractivity contribution in [1.29, 1.82) is 0 Å². The SMILES string of the molecule is CCCSSCCCCCSC.CSCCCCCS. The maximum absolute atomic E-state index is 4.12. The zero-order valence-electron chi connectivity index (χ0n) is 13.6. The van der Waals surface area contributed by atoms with E-state index in [4.69, 9.17) is 0 Å². The molecule has 0 aliphatic carbocycles. The van der Waals surface area contributed by atoms with Crippen LogP contribution in [0.4, 0.5) is 0 Å². The topological polar surface area (TPSA) is 0 Å². The van der Waals surface area contributed by atoms with Gasteiger partial charge in [-0.1, -0.05) is 41.4 Å². The van der Waals surface area contributed by atoms with Crippen molar-refractivity contribution in [2.24, 2.45) is 0 Å². The molecule has 20 heavy (non-hydrogen) atoms.